The Kier molecular flexibility index (Phi) is 2.35. The van der Waals surface area contributed by atoms with Gasteiger partial charge < -0.3 is 9.72 Å². The van der Waals surface area contributed by atoms with Gasteiger partial charge in [-0.25, -0.2) is 0 Å². The third-order valence-corrected chi connectivity index (χ3v) is 4.73. The van der Waals surface area contributed by atoms with Gasteiger partial charge in [0.2, 0.25) is 0 Å². The summed E-state index contributed by atoms with van der Waals surface area (Å²) in [6, 6.07) is 13.9. The van der Waals surface area contributed by atoms with Crippen molar-refractivity contribution in [2.45, 2.75) is 0 Å². The van der Waals surface area contributed by atoms with E-state index >= 15 is 0 Å². The minimum atomic E-state index is -0.0572. The van der Waals surface area contributed by atoms with E-state index in [1.54, 1.807) is 7.11 Å². The van der Waals surface area contributed by atoms with Crippen LogP contribution in [-0.4, -0.2) is 12.1 Å². The molecule has 4 heteroatoms. The lowest BCUT2D eigenvalue weighted by molar-refractivity contribution is 0.419. The number of nitrogens with one attached hydrogen (secondary N) is 1. The summed E-state index contributed by atoms with van der Waals surface area (Å²) in [6.45, 7) is 0. The van der Waals surface area contributed by atoms with Crippen molar-refractivity contribution in [2.75, 3.05) is 7.11 Å². The molecule has 4 aromatic rings. The van der Waals surface area contributed by atoms with E-state index in [2.05, 4.69) is 11.1 Å². The summed E-state index contributed by atoms with van der Waals surface area (Å²) in [5.74, 6) is 0.691. The highest BCUT2D eigenvalue weighted by atomic mass is 32.1. The third kappa shape index (κ3) is 1.42. The van der Waals surface area contributed by atoms with Gasteiger partial charge in [0, 0.05) is 20.9 Å². The molecule has 0 aliphatic rings. The lowest BCUT2D eigenvalue weighted by Crippen LogP contribution is -2.05. The number of hydrogen-bond donors (Lipinski definition) is 1. The first-order valence-electron chi connectivity index (χ1n) is 6.30. The Morgan fingerprint density at radius 3 is 2.70 bits per heavy atom. The molecule has 0 spiro atoms. The zero-order chi connectivity index (χ0) is 13.7. The molecular formula is C16H11NO2S. The van der Waals surface area contributed by atoms with Crippen LogP contribution in [0.25, 0.3) is 31.1 Å². The molecule has 0 radical (unpaired) electrons. The van der Waals surface area contributed by atoms with Gasteiger partial charge >= 0.3 is 0 Å². The Morgan fingerprint density at radius 2 is 1.85 bits per heavy atom. The molecule has 2 aromatic heterocycles. The monoisotopic (exact) mass is 281 g/mol. The zero-order valence-corrected chi connectivity index (χ0v) is 11.6. The van der Waals surface area contributed by atoms with Crippen molar-refractivity contribution in [1.82, 2.24) is 4.98 Å². The first kappa shape index (κ1) is 11.5. The molecule has 0 bridgehead atoms. The highest BCUT2D eigenvalue weighted by Gasteiger charge is 2.13. The van der Waals surface area contributed by atoms with E-state index in [0.717, 1.165) is 31.1 Å². The van der Waals surface area contributed by atoms with Gasteiger partial charge in [0.15, 0.2) is 0 Å². The Bertz CT molecular complexity index is 1010. The first-order valence-corrected chi connectivity index (χ1v) is 7.11. The quantitative estimate of drug-likeness (QED) is 0.575. The third-order valence-electron chi connectivity index (χ3n) is 3.56. The molecule has 2 aromatic carbocycles. The maximum absolute atomic E-state index is 12.3. The van der Waals surface area contributed by atoms with Crippen LogP contribution in [0.5, 0.6) is 5.75 Å². The minimum Gasteiger partial charge on any atom is -0.495 e. The second-order valence-corrected chi connectivity index (χ2v) is 5.69. The maximum Gasteiger partial charge on any atom is 0.266 e. The van der Waals surface area contributed by atoms with Crippen LogP contribution in [0.15, 0.2) is 47.3 Å². The summed E-state index contributed by atoms with van der Waals surface area (Å²) in [4.78, 5) is 15.3. The molecular weight excluding hydrogens is 270 g/mol. The zero-order valence-electron chi connectivity index (χ0n) is 10.8. The van der Waals surface area contributed by atoms with Crippen LogP contribution in [0.4, 0.5) is 0 Å². The minimum absolute atomic E-state index is 0.0572. The highest BCUT2D eigenvalue weighted by Crippen LogP contribution is 2.37. The van der Waals surface area contributed by atoms with Gasteiger partial charge in [0.1, 0.15) is 10.4 Å². The molecule has 0 unspecified atom stereocenters. The number of aromatic nitrogens is 1. The normalized spacial score (nSPS) is 11.4. The Balaban J connectivity index is 2.37. The number of hydrogen-bond acceptors (Lipinski definition) is 3. The summed E-state index contributed by atoms with van der Waals surface area (Å²) in [5.41, 5.74) is 0.703. The number of H-pyrrole nitrogens is 1. The van der Waals surface area contributed by atoms with Gasteiger partial charge in [-0.1, -0.05) is 30.3 Å². The largest absolute Gasteiger partial charge is 0.495 e. The second-order valence-electron chi connectivity index (χ2n) is 4.64. The first-order chi connectivity index (χ1) is 9.79. The maximum atomic E-state index is 12.3. The number of pyridine rings is 1. The van der Waals surface area contributed by atoms with Gasteiger partial charge in [0.25, 0.3) is 5.56 Å². The lowest BCUT2D eigenvalue weighted by Gasteiger charge is -2.05. The lowest BCUT2D eigenvalue weighted by atomic mass is 10.1. The molecule has 0 aliphatic heterocycles. The summed E-state index contributed by atoms with van der Waals surface area (Å²) in [5, 5.41) is 3.16. The van der Waals surface area contributed by atoms with Crippen molar-refractivity contribution >= 4 is 42.4 Å². The summed E-state index contributed by atoms with van der Waals surface area (Å²) in [6.07, 6.45) is 0. The van der Waals surface area contributed by atoms with Crippen LogP contribution in [0.1, 0.15) is 0 Å². The molecule has 0 fully saturated rings. The number of ether oxygens (including phenoxy) is 1. The molecule has 4 rings (SSSR count). The van der Waals surface area contributed by atoms with Crippen molar-refractivity contribution in [3.8, 4) is 5.75 Å². The number of methoxy groups -OCH3 is 1. The van der Waals surface area contributed by atoms with Crippen LogP contribution in [-0.2, 0) is 0 Å². The van der Waals surface area contributed by atoms with E-state index in [9.17, 15) is 4.79 Å². The highest BCUT2D eigenvalue weighted by molar-refractivity contribution is 7.25. The Hall–Kier alpha value is -2.33. The SMILES string of the molecule is COc1cccc2c1[nH]c(=O)c1sc3ccccc3c12. The van der Waals surface area contributed by atoms with Gasteiger partial charge in [-0.15, -0.1) is 11.3 Å². The fourth-order valence-corrected chi connectivity index (χ4v) is 3.79. The molecule has 0 amide bonds. The van der Waals surface area contributed by atoms with E-state index in [-0.39, 0.29) is 5.56 Å². The van der Waals surface area contributed by atoms with Gasteiger partial charge in [0.05, 0.1) is 12.6 Å². The van der Waals surface area contributed by atoms with Crippen molar-refractivity contribution in [1.29, 1.82) is 0 Å². The fraction of sp³-hybridized carbons (Fsp3) is 0.0625. The predicted molar refractivity (Wildman–Crippen MR) is 84.0 cm³/mol. The molecule has 0 aliphatic carbocycles. The topological polar surface area (TPSA) is 42.1 Å². The fourth-order valence-electron chi connectivity index (χ4n) is 2.68. The van der Waals surface area contributed by atoms with E-state index in [4.69, 9.17) is 4.74 Å². The van der Waals surface area contributed by atoms with Crippen LogP contribution >= 0.6 is 11.3 Å². The van der Waals surface area contributed by atoms with Crippen molar-refractivity contribution in [3.05, 3.63) is 52.8 Å². The van der Waals surface area contributed by atoms with Crippen molar-refractivity contribution < 1.29 is 4.74 Å². The van der Waals surface area contributed by atoms with Crippen LogP contribution in [0.2, 0.25) is 0 Å². The summed E-state index contributed by atoms with van der Waals surface area (Å²) in [7, 11) is 1.61. The molecule has 1 N–H and O–H groups in total. The van der Waals surface area contributed by atoms with E-state index in [1.165, 1.54) is 11.3 Å². The van der Waals surface area contributed by atoms with Crippen LogP contribution in [0.3, 0.4) is 0 Å². The number of fused-ring (bicyclic) bond motifs is 5. The number of benzene rings is 2. The van der Waals surface area contributed by atoms with Gasteiger partial charge in [-0.05, 0) is 12.1 Å². The van der Waals surface area contributed by atoms with Gasteiger partial charge in [-0.2, -0.15) is 0 Å². The van der Waals surface area contributed by atoms with E-state index in [1.807, 2.05) is 36.4 Å². The van der Waals surface area contributed by atoms with Crippen molar-refractivity contribution in [3.63, 3.8) is 0 Å². The smallest absolute Gasteiger partial charge is 0.266 e. The molecule has 0 saturated heterocycles. The number of para-hydroxylation sites is 1. The second kappa shape index (κ2) is 4.08. The van der Waals surface area contributed by atoms with Crippen molar-refractivity contribution in [2.24, 2.45) is 0 Å². The Morgan fingerprint density at radius 1 is 1.05 bits per heavy atom. The molecule has 3 nitrogen and oxygen atoms in total. The van der Waals surface area contributed by atoms with E-state index in [0.29, 0.717) is 5.75 Å². The number of thiophene rings is 1. The average Bonchev–Trinajstić information content (AvgIpc) is 2.87. The molecule has 20 heavy (non-hydrogen) atoms. The van der Waals surface area contributed by atoms with Crippen LogP contribution in [0, 0.1) is 0 Å². The standard InChI is InChI=1S/C16H11NO2S/c1-19-11-7-4-6-10-13-9-5-2-3-8-12(9)20-15(13)16(18)17-14(10)11/h2-8H,1H3,(H,17,18). The molecule has 0 saturated carbocycles. The number of aromatic amines is 1. The number of rotatable bonds is 1. The summed E-state index contributed by atoms with van der Waals surface area (Å²) >= 11 is 1.53. The predicted octanol–water partition coefficient (Wildman–Crippen LogP) is 3.90. The Labute approximate surface area is 118 Å². The molecule has 98 valence electrons. The molecule has 0 atom stereocenters. The van der Waals surface area contributed by atoms with Gasteiger partial charge in [-0.3, -0.25) is 4.79 Å². The molecule has 2 heterocycles. The van der Waals surface area contributed by atoms with E-state index < -0.39 is 0 Å². The average molecular weight is 281 g/mol. The summed E-state index contributed by atoms with van der Waals surface area (Å²) < 4.78 is 7.25. The van der Waals surface area contributed by atoms with Crippen LogP contribution < -0.4 is 10.3 Å².